The number of nitrogens with two attached hydrogens (primary N) is 1. The van der Waals surface area contributed by atoms with Crippen LogP contribution < -0.4 is 16.2 Å². The van der Waals surface area contributed by atoms with Crippen LogP contribution in [0.3, 0.4) is 0 Å². The normalized spacial score (nSPS) is 17.0. The zero-order chi connectivity index (χ0) is 12.3. The van der Waals surface area contributed by atoms with Crippen LogP contribution in [-0.4, -0.2) is 23.6 Å². The quantitative estimate of drug-likeness (QED) is 0.831. The summed E-state index contributed by atoms with van der Waals surface area (Å²) >= 11 is 0. The molecule has 5 heteroatoms. The van der Waals surface area contributed by atoms with Gasteiger partial charge in [0.05, 0.1) is 6.33 Å². The van der Waals surface area contributed by atoms with Crippen molar-refractivity contribution in [2.75, 3.05) is 24.2 Å². The van der Waals surface area contributed by atoms with Crippen molar-refractivity contribution in [1.82, 2.24) is 9.97 Å². The summed E-state index contributed by atoms with van der Waals surface area (Å²) in [6.45, 7) is 0.931. The SMILES string of the molecule is CN(CC1CCCCC1)c1nc[nH]c(=O)c1N. The third-order valence-electron chi connectivity index (χ3n) is 3.49. The van der Waals surface area contributed by atoms with Crippen LogP contribution >= 0.6 is 0 Å². The summed E-state index contributed by atoms with van der Waals surface area (Å²) in [5.74, 6) is 1.30. The molecule has 1 saturated carbocycles. The molecule has 1 aliphatic rings. The van der Waals surface area contributed by atoms with Gasteiger partial charge in [-0.3, -0.25) is 4.79 Å². The molecule has 5 nitrogen and oxygen atoms in total. The summed E-state index contributed by atoms with van der Waals surface area (Å²) in [6, 6.07) is 0. The number of nitrogens with one attached hydrogen (secondary N) is 1. The molecule has 0 amide bonds. The number of hydrogen-bond acceptors (Lipinski definition) is 4. The van der Waals surface area contributed by atoms with E-state index in [1.807, 2.05) is 11.9 Å². The number of anilines is 2. The van der Waals surface area contributed by atoms with Crippen LogP contribution in [0.5, 0.6) is 0 Å². The van der Waals surface area contributed by atoms with Crippen molar-refractivity contribution in [2.24, 2.45) is 5.92 Å². The molecule has 0 saturated heterocycles. The van der Waals surface area contributed by atoms with Crippen LogP contribution in [0.25, 0.3) is 0 Å². The Kier molecular flexibility index (Phi) is 3.66. The maximum Gasteiger partial charge on any atom is 0.276 e. The Balaban J connectivity index is 2.06. The molecule has 0 atom stereocenters. The smallest absolute Gasteiger partial charge is 0.276 e. The van der Waals surface area contributed by atoms with E-state index in [9.17, 15) is 4.79 Å². The van der Waals surface area contributed by atoms with Crippen molar-refractivity contribution in [1.29, 1.82) is 0 Å². The first-order valence-electron chi connectivity index (χ1n) is 6.23. The highest BCUT2D eigenvalue weighted by molar-refractivity contribution is 5.60. The topological polar surface area (TPSA) is 75.0 Å². The predicted molar refractivity (Wildman–Crippen MR) is 69.1 cm³/mol. The monoisotopic (exact) mass is 236 g/mol. The Morgan fingerprint density at radius 3 is 2.88 bits per heavy atom. The second-order valence-corrected chi connectivity index (χ2v) is 4.85. The first kappa shape index (κ1) is 12.0. The molecule has 2 rings (SSSR count). The van der Waals surface area contributed by atoms with Gasteiger partial charge in [0.15, 0.2) is 5.82 Å². The van der Waals surface area contributed by atoms with Crippen molar-refractivity contribution in [3.05, 3.63) is 16.7 Å². The van der Waals surface area contributed by atoms with Crippen molar-refractivity contribution in [2.45, 2.75) is 32.1 Å². The van der Waals surface area contributed by atoms with Crippen LogP contribution in [0.15, 0.2) is 11.1 Å². The van der Waals surface area contributed by atoms with Crippen molar-refractivity contribution < 1.29 is 0 Å². The van der Waals surface area contributed by atoms with Crippen molar-refractivity contribution >= 4 is 11.5 Å². The molecule has 0 aliphatic heterocycles. The number of rotatable bonds is 3. The summed E-state index contributed by atoms with van der Waals surface area (Å²) < 4.78 is 0. The minimum Gasteiger partial charge on any atom is -0.391 e. The molecule has 0 bridgehead atoms. The molecule has 1 aromatic rings. The Bertz CT molecular complexity index is 423. The lowest BCUT2D eigenvalue weighted by Gasteiger charge is -2.27. The fourth-order valence-electron chi connectivity index (χ4n) is 2.55. The van der Waals surface area contributed by atoms with E-state index in [2.05, 4.69) is 9.97 Å². The number of hydrogen-bond donors (Lipinski definition) is 2. The van der Waals surface area contributed by atoms with Crippen LogP contribution in [0.4, 0.5) is 11.5 Å². The number of aromatic nitrogens is 2. The van der Waals surface area contributed by atoms with Crippen molar-refractivity contribution in [3.8, 4) is 0 Å². The van der Waals surface area contributed by atoms with Gasteiger partial charge in [-0.1, -0.05) is 19.3 Å². The molecular weight excluding hydrogens is 216 g/mol. The van der Waals surface area contributed by atoms with E-state index in [-0.39, 0.29) is 11.2 Å². The van der Waals surface area contributed by atoms with E-state index >= 15 is 0 Å². The number of nitrogen functional groups attached to an aromatic ring is 1. The van der Waals surface area contributed by atoms with Gasteiger partial charge in [0.25, 0.3) is 5.56 Å². The lowest BCUT2D eigenvalue weighted by atomic mass is 9.89. The largest absolute Gasteiger partial charge is 0.391 e. The van der Waals surface area contributed by atoms with Gasteiger partial charge in [0.1, 0.15) is 5.69 Å². The van der Waals surface area contributed by atoms with Crippen LogP contribution in [-0.2, 0) is 0 Å². The third kappa shape index (κ3) is 2.78. The average Bonchev–Trinajstić information content (AvgIpc) is 2.34. The molecule has 0 spiro atoms. The minimum atomic E-state index is -0.259. The Labute approximate surface area is 101 Å². The molecule has 0 aromatic carbocycles. The van der Waals surface area contributed by atoms with Gasteiger partial charge < -0.3 is 15.6 Å². The lowest BCUT2D eigenvalue weighted by Crippen LogP contribution is -2.30. The zero-order valence-corrected chi connectivity index (χ0v) is 10.3. The summed E-state index contributed by atoms with van der Waals surface area (Å²) in [6.07, 6.45) is 7.94. The molecule has 94 valence electrons. The molecular formula is C12H20N4O. The highest BCUT2D eigenvalue weighted by Crippen LogP contribution is 2.25. The van der Waals surface area contributed by atoms with Crippen LogP contribution in [0.1, 0.15) is 32.1 Å². The Morgan fingerprint density at radius 1 is 1.47 bits per heavy atom. The second kappa shape index (κ2) is 5.21. The van der Waals surface area contributed by atoms with E-state index < -0.39 is 0 Å². The van der Waals surface area contributed by atoms with Gasteiger partial charge in [-0.25, -0.2) is 4.98 Å². The molecule has 1 fully saturated rings. The molecule has 0 radical (unpaired) electrons. The average molecular weight is 236 g/mol. The van der Waals surface area contributed by atoms with Gasteiger partial charge in [0.2, 0.25) is 0 Å². The Morgan fingerprint density at radius 2 is 2.18 bits per heavy atom. The van der Waals surface area contributed by atoms with Crippen LogP contribution in [0, 0.1) is 5.92 Å². The van der Waals surface area contributed by atoms with E-state index in [0.717, 1.165) is 6.54 Å². The van der Waals surface area contributed by atoms with Gasteiger partial charge in [0, 0.05) is 13.6 Å². The number of H-pyrrole nitrogens is 1. The van der Waals surface area contributed by atoms with E-state index in [0.29, 0.717) is 11.7 Å². The fraction of sp³-hybridized carbons (Fsp3) is 0.667. The summed E-state index contributed by atoms with van der Waals surface area (Å²) in [5, 5.41) is 0. The number of nitrogens with zero attached hydrogens (tertiary/aromatic N) is 2. The summed E-state index contributed by atoms with van der Waals surface area (Å²) in [5.41, 5.74) is 5.70. The molecule has 0 unspecified atom stereocenters. The summed E-state index contributed by atoms with van der Waals surface area (Å²) in [4.78, 5) is 20.0. The lowest BCUT2D eigenvalue weighted by molar-refractivity contribution is 0.361. The standard InChI is InChI=1S/C12H20N4O/c1-16(7-9-5-3-2-4-6-9)11-10(13)12(17)15-8-14-11/h8-9H,2-7,13H2,1H3,(H,14,15,17). The van der Waals surface area contributed by atoms with Gasteiger partial charge in [-0.2, -0.15) is 0 Å². The molecule has 1 heterocycles. The molecule has 1 aliphatic carbocycles. The van der Waals surface area contributed by atoms with Gasteiger partial charge in [-0.15, -0.1) is 0 Å². The maximum absolute atomic E-state index is 11.4. The first-order chi connectivity index (χ1) is 8.18. The predicted octanol–water partition coefficient (Wildman–Crippen LogP) is 1.37. The third-order valence-corrected chi connectivity index (χ3v) is 3.49. The fourth-order valence-corrected chi connectivity index (χ4v) is 2.55. The van der Waals surface area contributed by atoms with Gasteiger partial charge in [-0.05, 0) is 18.8 Å². The molecule has 3 N–H and O–H groups in total. The molecule has 17 heavy (non-hydrogen) atoms. The zero-order valence-electron chi connectivity index (χ0n) is 10.3. The summed E-state index contributed by atoms with van der Waals surface area (Å²) in [7, 11) is 1.95. The van der Waals surface area contributed by atoms with Crippen molar-refractivity contribution in [3.63, 3.8) is 0 Å². The second-order valence-electron chi connectivity index (χ2n) is 4.85. The first-order valence-corrected chi connectivity index (χ1v) is 6.23. The van der Waals surface area contributed by atoms with E-state index in [4.69, 9.17) is 5.73 Å². The van der Waals surface area contributed by atoms with E-state index in [1.54, 1.807) is 0 Å². The molecule has 1 aromatic heterocycles. The van der Waals surface area contributed by atoms with Crippen LogP contribution in [0.2, 0.25) is 0 Å². The number of aromatic amines is 1. The Hall–Kier alpha value is -1.52. The maximum atomic E-state index is 11.4. The van der Waals surface area contributed by atoms with E-state index in [1.165, 1.54) is 38.4 Å². The highest BCUT2D eigenvalue weighted by Gasteiger charge is 2.17. The highest BCUT2D eigenvalue weighted by atomic mass is 16.1. The minimum absolute atomic E-state index is 0.214. The van der Waals surface area contributed by atoms with Gasteiger partial charge >= 0.3 is 0 Å².